The number of anilines is 1. The number of ether oxygens (including phenoxy) is 1. The smallest absolute Gasteiger partial charge is 0.328 e. The molecule has 100 valence electrons. The van der Waals surface area contributed by atoms with Gasteiger partial charge in [-0.1, -0.05) is 18.2 Å². The predicted molar refractivity (Wildman–Crippen MR) is 73.7 cm³/mol. The van der Waals surface area contributed by atoms with E-state index in [9.17, 15) is 4.79 Å². The molecule has 0 heterocycles. The maximum absolute atomic E-state index is 11.9. The van der Waals surface area contributed by atoms with Crippen molar-refractivity contribution in [2.75, 3.05) is 32.6 Å². The van der Waals surface area contributed by atoms with Crippen LogP contribution in [0.5, 0.6) is 0 Å². The van der Waals surface area contributed by atoms with Gasteiger partial charge >= 0.3 is 5.97 Å². The van der Waals surface area contributed by atoms with E-state index in [-0.39, 0.29) is 12.0 Å². The van der Waals surface area contributed by atoms with Crippen LogP contribution in [-0.2, 0) is 9.53 Å². The Labute approximate surface area is 109 Å². The minimum Gasteiger partial charge on any atom is -0.464 e. The fourth-order valence-corrected chi connectivity index (χ4v) is 1.61. The van der Waals surface area contributed by atoms with Gasteiger partial charge in [0.2, 0.25) is 0 Å². The van der Waals surface area contributed by atoms with Crippen molar-refractivity contribution < 1.29 is 9.53 Å². The molecule has 4 nitrogen and oxygen atoms in total. The van der Waals surface area contributed by atoms with Crippen LogP contribution in [0.15, 0.2) is 30.3 Å². The number of hydrogen-bond acceptors (Lipinski definition) is 4. The molecule has 1 aromatic rings. The summed E-state index contributed by atoms with van der Waals surface area (Å²) in [6, 6.07) is 9.43. The summed E-state index contributed by atoms with van der Waals surface area (Å²) in [5, 5.41) is 3.22. The van der Waals surface area contributed by atoms with Crippen LogP contribution < -0.4 is 5.32 Å². The van der Waals surface area contributed by atoms with Gasteiger partial charge in [0.25, 0.3) is 0 Å². The van der Waals surface area contributed by atoms with Crippen LogP contribution >= 0.6 is 0 Å². The van der Waals surface area contributed by atoms with Gasteiger partial charge in [0, 0.05) is 12.2 Å². The first-order valence-corrected chi connectivity index (χ1v) is 6.26. The number of carbonyl (C=O) groups is 1. The lowest BCUT2D eigenvalue weighted by molar-refractivity contribution is -0.144. The molecule has 1 aromatic carbocycles. The molecule has 1 unspecified atom stereocenters. The van der Waals surface area contributed by atoms with Crippen molar-refractivity contribution in [3.8, 4) is 0 Å². The lowest BCUT2D eigenvalue weighted by atomic mass is 10.2. The van der Waals surface area contributed by atoms with Gasteiger partial charge in [0.1, 0.15) is 6.04 Å². The number of rotatable bonds is 7. The fourth-order valence-electron chi connectivity index (χ4n) is 1.61. The predicted octanol–water partition coefficient (Wildman–Crippen LogP) is 1.98. The van der Waals surface area contributed by atoms with E-state index in [1.165, 1.54) is 0 Å². The van der Waals surface area contributed by atoms with Crippen molar-refractivity contribution in [1.29, 1.82) is 0 Å². The Bertz CT molecular complexity index is 352. The second-order valence-electron chi connectivity index (χ2n) is 4.41. The molecular weight excluding hydrogens is 228 g/mol. The Morgan fingerprint density at radius 2 is 2.00 bits per heavy atom. The van der Waals surface area contributed by atoms with E-state index < -0.39 is 0 Å². The molecule has 0 aromatic heterocycles. The number of carbonyl (C=O) groups excluding carboxylic acids is 1. The number of nitrogens with zero attached hydrogens (tertiary/aromatic N) is 1. The first-order valence-electron chi connectivity index (χ1n) is 6.26. The van der Waals surface area contributed by atoms with Crippen molar-refractivity contribution >= 4 is 11.7 Å². The Morgan fingerprint density at radius 1 is 1.33 bits per heavy atom. The average Bonchev–Trinajstić information content (AvgIpc) is 2.35. The molecule has 0 fully saturated rings. The molecule has 0 spiro atoms. The highest BCUT2D eigenvalue weighted by molar-refractivity contribution is 5.79. The summed E-state index contributed by atoms with van der Waals surface area (Å²) in [6.45, 7) is 3.07. The monoisotopic (exact) mass is 250 g/mol. The summed E-state index contributed by atoms with van der Waals surface area (Å²) in [5.41, 5.74) is 0.939. The summed E-state index contributed by atoms with van der Waals surface area (Å²) in [6.07, 6.45) is 0.723. The molecule has 0 amide bonds. The summed E-state index contributed by atoms with van der Waals surface area (Å²) in [5.74, 6) is -0.191. The molecule has 0 radical (unpaired) electrons. The van der Waals surface area contributed by atoms with Crippen LogP contribution in [0.1, 0.15) is 13.3 Å². The first kappa shape index (κ1) is 14.5. The number of esters is 1. The van der Waals surface area contributed by atoms with Gasteiger partial charge in [0.05, 0.1) is 6.61 Å². The van der Waals surface area contributed by atoms with Gasteiger partial charge in [-0.25, -0.2) is 4.79 Å². The average molecular weight is 250 g/mol. The molecular formula is C14H22N2O2. The summed E-state index contributed by atoms with van der Waals surface area (Å²) in [4.78, 5) is 13.9. The van der Waals surface area contributed by atoms with Gasteiger partial charge in [-0.15, -0.1) is 0 Å². The summed E-state index contributed by atoms with van der Waals surface area (Å²) >= 11 is 0. The number of nitrogens with one attached hydrogen (secondary N) is 1. The summed E-state index contributed by atoms with van der Waals surface area (Å²) in [7, 11) is 3.98. The first-order chi connectivity index (χ1) is 8.63. The van der Waals surface area contributed by atoms with Gasteiger partial charge in [-0.3, -0.25) is 0 Å². The van der Waals surface area contributed by atoms with E-state index in [1.54, 1.807) is 0 Å². The molecule has 0 bridgehead atoms. The van der Waals surface area contributed by atoms with E-state index in [2.05, 4.69) is 10.2 Å². The van der Waals surface area contributed by atoms with E-state index in [0.717, 1.165) is 18.7 Å². The molecule has 0 aliphatic carbocycles. The van der Waals surface area contributed by atoms with Crippen LogP contribution in [-0.4, -0.2) is 44.2 Å². The lowest BCUT2D eigenvalue weighted by Gasteiger charge is -2.20. The molecule has 18 heavy (non-hydrogen) atoms. The van der Waals surface area contributed by atoms with Crippen molar-refractivity contribution in [3.63, 3.8) is 0 Å². The standard InChI is InChI=1S/C14H22N2O2/c1-4-18-14(17)13(10-11-16(2)3)15-12-8-6-5-7-9-12/h5-9,13,15H,4,10-11H2,1-3H3. The Kier molecular flexibility index (Phi) is 6.22. The van der Waals surface area contributed by atoms with Crippen molar-refractivity contribution in [2.45, 2.75) is 19.4 Å². The zero-order valence-corrected chi connectivity index (χ0v) is 11.3. The van der Waals surface area contributed by atoms with Gasteiger partial charge in [-0.05, 0) is 39.6 Å². The Hall–Kier alpha value is -1.55. The highest BCUT2D eigenvalue weighted by Gasteiger charge is 2.19. The molecule has 1 N–H and O–H groups in total. The van der Waals surface area contributed by atoms with Gasteiger partial charge < -0.3 is 15.0 Å². The SMILES string of the molecule is CCOC(=O)C(CCN(C)C)Nc1ccccc1. The Morgan fingerprint density at radius 3 is 2.56 bits per heavy atom. The second-order valence-corrected chi connectivity index (χ2v) is 4.41. The Balaban J connectivity index is 2.62. The summed E-state index contributed by atoms with van der Waals surface area (Å²) < 4.78 is 5.09. The normalized spacial score (nSPS) is 12.2. The third-order valence-electron chi connectivity index (χ3n) is 2.55. The molecule has 0 aliphatic heterocycles. The molecule has 1 atom stereocenters. The van der Waals surface area contributed by atoms with Crippen LogP contribution in [0.4, 0.5) is 5.69 Å². The van der Waals surface area contributed by atoms with Gasteiger partial charge in [-0.2, -0.15) is 0 Å². The van der Waals surface area contributed by atoms with E-state index >= 15 is 0 Å². The highest BCUT2D eigenvalue weighted by atomic mass is 16.5. The van der Waals surface area contributed by atoms with Crippen molar-refractivity contribution in [2.24, 2.45) is 0 Å². The molecule has 4 heteroatoms. The third-order valence-corrected chi connectivity index (χ3v) is 2.55. The zero-order valence-electron chi connectivity index (χ0n) is 11.3. The second kappa shape index (κ2) is 7.71. The quantitative estimate of drug-likeness (QED) is 0.751. The van der Waals surface area contributed by atoms with Crippen LogP contribution in [0, 0.1) is 0 Å². The van der Waals surface area contributed by atoms with Crippen LogP contribution in [0.3, 0.4) is 0 Å². The molecule has 1 rings (SSSR count). The van der Waals surface area contributed by atoms with Crippen molar-refractivity contribution in [1.82, 2.24) is 4.90 Å². The third kappa shape index (κ3) is 5.19. The zero-order chi connectivity index (χ0) is 13.4. The maximum atomic E-state index is 11.9. The minimum absolute atomic E-state index is 0.191. The molecule has 0 saturated heterocycles. The molecule has 0 aliphatic rings. The number of hydrogen-bond donors (Lipinski definition) is 1. The number of benzene rings is 1. The largest absolute Gasteiger partial charge is 0.464 e. The number of para-hydroxylation sites is 1. The molecule has 0 saturated carbocycles. The maximum Gasteiger partial charge on any atom is 0.328 e. The fraction of sp³-hybridized carbons (Fsp3) is 0.500. The topological polar surface area (TPSA) is 41.6 Å². The lowest BCUT2D eigenvalue weighted by Crippen LogP contribution is -2.34. The van der Waals surface area contributed by atoms with E-state index in [4.69, 9.17) is 4.74 Å². The van der Waals surface area contributed by atoms with E-state index in [0.29, 0.717) is 6.61 Å². The van der Waals surface area contributed by atoms with Crippen LogP contribution in [0.2, 0.25) is 0 Å². The van der Waals surface area contributed by atoms with E-state index in [1.807, 2.05) is 51.4 Å². The highest BCUT2D eigenvalue weighted by Crippen LogP contribution is 2.10. The van der Waals surface area contributed by atoms with Gasteiger partial charge in [0.15, 0.2) is 0 Å². The van der Waals surface area contributed by atoms with Crippen molar-refractivity contribution in [3.05, 3.63) is 30.3 Å². The van der Waals surface area contributed by atoms with Crippen LogP contribution in [0.25, 0.3) is 0 Å². The minimum atomic E-state index is -0.297.